The van der Waals surface area contributed by atoms with Crippen LogP contribution in [-0.2, 0) is 17.6 Å². The highest BCUT2D eigenvalue weighted by Crippen LogP contribution is 2.32. The van der Waals surface area contributed by atoms with Gasteiger partial charge in [0.05, 0.1) is 13.0 Å². The first-order chi connectivity index (χ1) is 10.6. The lowest BCUT2D eigenvalue weighted by Gasteiger charge is -2.18. The Bertz CT molecular complexity index is 667. The first kappa shape index (κ1) is 16.4. The van der Waals surface area contributed by atoms with Gasteiger partial charge in [-0.2, -0.15) is 0 Å². The molecule has 4 heteroatoms. The highest BCUT2D eigenvalue weighted by Gasteiger charge is 2.25. The predicted molar refractivity (Wildman–Crippen MR) is 87.9 cm³/mol. The van der Waals surface area contributed by atoms with Crippen molar-refractivity contribution in [3.8, 4) is 5.75 Å². The van der Waals surface area contributed by atoms with Gasteiger partial charge in [0, 0.05) is 10.6 Å². The third-order valence-corrected chi connectivity index (χ3v) is 4.13. The molecule has 0 aromatic heterocycles. The second-order valence-electron chi connectivity index (χ2n) is 5.12. The molecule has 0 aliphatic rings. The molecule has 1 N–H and O–H groups in total. The van der Waals surface area contributed by atoms with E-state index in [9.17, 15) is 9.90 Å². The Balaban J connectivity index is 2.44. The van der Waals surface area contributed by atoms with Crippen molar-refractivity contribution in [3.63, 3.8) is 0 Å². The van der Waals surface area contributed by atoms with Gasteiger partial charge in [-0.25, -0.2) is 0 Å². The molecule has 2 rings (SSSR count). The van der Waals surface area contributed by atoms with Crippen LogP contribution in [0.25, 0.3) is 0 Å². The monoisotopic (exact) mass is 318 g/mol. The first-order valence-corrected chi connectivity index (χ1v) is 7.57. The minimum atomic E-state index is -0.883. The molecule has 0 amide bonds. The Morgan fingerprint density at radius 2 is 2.00 bits per heavy atom. The van der Waals surface area contributed by atoms with Gasteiger partial charge in [-0.3, -0.25) is 4.79 Å². The van der Waals surface area contributed by atoms with Crippen molar-refractivity contribution in [3.05, 3.63) is 64.2 Å². The fraction of sp³-hybridized carbons (Fsp3) is 0.278. The smallest absolute Gasteiger partial charge is 0.311 e. The lowest BCUT2D eigenvalue weighted by atomic mass is 9.90. The number of hydrogen-bond acceptors (Lipinski definition) is 2. The van der Waals surface area contributed by atoms with Crippen LogP contribution < -0.4 is 4.74 Å². The van der Waals surface area contributed by atoms with Crippen molar-refractivity contribution < 1.29 is 14.6 Å². The summed E-state index contributed by atoms with van der Waals surface area (Å²) in [4.78, 5) is 11.8. The maximum absolute atomic E-state index is 11.8. The van der Waals surface area contributed by atoms with Crippen LogP contribution in [-0.4, -0.2) is 18.2 Å². The summed E-state index contributed by atoms with van der Waals surface area (Å²) < 4.78 is 5.35. The molecular weight excluding hydrogens is 300 g/mol. The molecule has 0 spiro atoms. The van der Waals surface area contributed by atoms with Gasteiger partial charge < -0.3 is 9.84 Å². The van der Waals surface area contributed by atoms with Gasteiger partial charge in [-0.1, -0.05) is 48.9 Å². The van der Waals surface area contributed by atoms with E-state index >= 15 is 0 Å². The second kappa shape index (κ2) is 7.32. The normalized spacial score (nSPS) is 12.0. The molecule has 0 aliphatic carbocycles. The van der Waals surface area contributed by atoms with E-state index in [1.165, 1.54) is 0 Å². The molecule has 0 saturated heterocycles. The van der Waals surface area contributed by atoms with Crippen molar-refractivity contribution in [2.45, 2.75) is 25.7 Å². The van der Waals surface area contributed by atoms with E-state index in [4.69, 9.17) is 16.3 Å². The van der Waals surface area contributed by atoms with Gasteiger partial charge in [-0.15, -0.1) is 0 Å². The number of methoxy groups -OCH3 is 1. The van der Waals surface area contributed by atoms with Gasteiger partial charge in [-0.05, 0) is 36.1 Å². The van der Waals surface area contributed by atoms with E-state index in [0.717, 1.165) is 17.5 Å². The Morgan fingerprint density at radius 1 is 1.27 bits per heavy atom. The lowest BCUT2D eigenvalue weighted by Crippen LogP contribution is -2.16. The number of carboxylic acids is 1. The number of hydrogen-bond donors (Lipinski definition) is 1. The van der Waals surface area contributed by atoms with E-state index < -0.39 is 11.9 Å². The Hall–Kier alpha value is -2.00. The van der Waals surface area contributed by atoms with Crippen LogP contribution in [0.2, 0.25) is 5.02 Å². The molecule has 116 valence electrons. The Kier molecular flexibility index (Phi) is 5.45. The maximum atomic E-state index is 11.8. The molecule has 0 saturated carbocycles. The minimum absolute atomic E-state index is 0.332. The summed E-state index contributed by atoms with van der Waals surface area (Å²) in [6, 6.07) is 13.0. The predicted octanol–water partition coefficient (Wildman–Crippen LogP) is 4.32. The van der Waals surface area contributed by atoms with Gasteiger partial charge in [0.25, 0.3) is 0 Å². The summed E-state index contributed by atoms with van der Waals surface area (Å²) in [5.41, 5.74) is 2.59. The molecule has 0 heterocycles. The molecule has 3 nitrogen and oxygen atoms in total. The van der Waals surface area contributed by atoms with Crippen molar-refractivity contribution in [1.29, 1.82) is 0 Å². The van der Waals surface area contributed by atoms with Crippen molar-refractivity contribution in [1.82, 2.24) is 0 Å². The van der Waals surface area contributed by atoms with Gasteiger partial charge in [0.2, 0.25) is 0 Å². The lowest BCUT2D eigenvalue weighted by molar-refractivity contribution is -0.138. The summed E-state index contributed by atoms with van der Waals surface area (Å²) in [5.74, 6) is -0.982. The molecule has 2 aromatic rings. The van der Waals surface area contributed by atoms with Crippen LogP contribution in [0.5, 0.6) is 5.75 Å². The van der Waals surface area contributed by atoms with Gasteiger partial charge in [0.15, 0.2) is 0 Å². The van der Waals surface area contributed by atoms with E-state index in [-0.39, 0.29) is 0 Å². The molecule has 1 atom stereocenters. The summed E-state index contributed by atoms with van der Waals surface area (Å²) in [6.45, 7) is 2.04. The van der Waals surface area contributed by atoms with Crippen molar-refractivity contribution in [2.75, 3.05) is 7.11 Å². The zero-order chi connectivity index (χ0) is 16.1. The third-order valence-electron chi connectivity index (χ3n) is 3.76. The second-order valence-corrected chi connectivity index (χ2v) is 5.52. The fourth-order valence-electron chi connectivity index (χ4n) is 2.49. The van der Waals surface area contributed by atoms with Crippen molar-refractivity contribution in [2.24, 2.45) is 0 Å². The van der Waals surface area contributed by atoms with E-state index in [1.807, 2.05) is 43.3 Å². The fourth-order valence-corrected chi connectivity index (χ4v) is 2.70. The summed E-state index contributed by atoms with van der Waals surface area (Å²) in [5, 5.41) is 10.2. The zero-order valence-electron chi connectivity index (χ0n) is 12.7. The molecule has 0 bridgehead atoms. The topological polar surface area (TPSA) is 46.5 Å². The summed E-state index contributed by atoms with van der Waals surface area (Å²) >= 11 is 6.17. The number of benzene rings is 2. The number of carbonyl (C=O) groups is 1. The number of aliphatic carboxylic acids is 1. The number of halogens is 1. The average molecular weight is 319 g/mol. The largest absolute Gasteiger partial charge is 0.496 e. The average Bonchev–Trinajstić information content (AvgIpc) is 2.53. The summed E-state index contributed by atoms with van der Waals surface area (Å²) in [7, 11) is 1.55. The maximum Gasteiger partial charge on any atom is 0.311 e. The van der Waals surface area contributed by atoms with Crippen LogP contribution in [0.4, 0.5) is 0 Å². The number of ether oxygens (including phenoxy) is 1. The SMILES string of the molecule is CCc1ccc(OC)c(C(Cc2ccccc2Cl)C(=O)O)c1. The molecule has 2 aromatic carbocycles. The summed E-state index contributed by atoms with van der Waals surface area (Å²) in [6.07, 6.45) is 1.17. The molecule has 0 radical (unpaired) electrons. The van der Waals surface area contributed by atoms with Crippen LogP contribution in [0.3, 0.4) is 0 Å². The third kappa shape index (κ3) is 3.60. The van der Waals surface area contributed by atoms with Crippen LogP contribution in [0.1, 0.15) is 29.5 Å². The standard InChI is InChI=1S/C18H19ClO3/c1-3-12-8-9-17(22-2)14(10-12)15(18(20)21)11-13-6-4-5-7-16(13)19/h4-10,15H,3,11H2,1-2H3,(H,20,21). The Labute approximate surface area is 135 Å². The number of rotatable bonds is 6. The van der Waals surface area contributed by atoms with Gasteiger partial charge >= 0.3 is 5.97 Å². The van der Waals surface area contributed by atoms with Crippen LogP contribution in [0, 0.1) is 0 Å². The first-order valence-electron chi connectivity index (χ1n) is 7.19. The van der Waals surface area contributed by atoms with Crippen LogP contribution >= 0.6 is 11.6 Å². The Morgan fingerprint density at radius 3 is 2.59 bits per heavy atom. The van der Waals surface area contributed by atoms with E-state index in [1.54, 1.807) is 13.2 Å². The van der Waals surface area contributed by atoms with Crippen molar-refractivity contribution >= 4 is 17.6 Å². The number of carboxylic acid groups (broad SMARTS) is 1. The highest BCUT2D eigenvalue weighted by molar-refractivity contribution is 6.31. The molecule has 1 unspecified atom stereocenters. The molecular formula is C18H19ClO3. The van der Waals surface area contributed by atoms with Crippen LogP contribution in [0.15, 0.2) is 42.5 Å². The van der Waals surface area contributed by atoms with Gasteiger partial charge in [0.1, 0.15) is 5.75 Å². The quantitative estimate of drug-likeness (QED) is 0.862. The molecule has 0 aliphatic heterocycles. The minimum Gasteiger partial charge on any atom is -0.496 e. The van der Waals surface area contributed by atoms with E-state index in [0.29, 0.717) is 22.8 Å². The zero-order valence-corrected chi connectivity index (χ0v) is 13.4. The number of aryl methyl sites for hydroxylation is 1. The highest BCUT2D eigenvalue weighted by atomic mass is 35.5. The molecule has 0 fully saturated rings. The van der Waals surface area contributed by atoms with E-state index in [2.05, 4.69) is 0 Å². The molecule has 22 heavy (non-hydrogen) atoms.